The van der Waals surface area contributed by atoms with E-state index in [1.54, 1.807) is 0 Å². The minimum atomic E-state index is -1.20. The first kappa shape index (κ1) is 51.1. The molecule has 2 heterocycles. The van der Waals surface area contributed by atoms with E-state index >= 15 is 0 Å². The Kier molecular flexibility index (Phi) is 27.2. The van der Waals surface area contributed by atoms with Gasteiger partial charge in [-0.2, -0.15) is 5.11 Å². The van der Waals surface area contributed by atoms with E-state index in [4.69, 9.17) is 30.5 Å². The van der Waals surface area contributed by atoms with Crippen molar-refractivity contribution < 1.29 is 63.2 Å². The molecule has 0 bridgehead atoms. The second kappa shape index (κ2) is 30.9. The van der Waals surface area contributed by atoms with Crippen molar-refractivity contribution in [2.45, 2.75) is 79.1 Å². The number of benzene rings is 1. The van der Waals surface area contributed by atoms with Crippen molar-refractivity contribution in [2.24, 2.45) is 16.1 Å². The third-order valence-corrected chi connectivity index (χ3v) is 11.2. The Labute approximate surface area is 374 Å². The number of hydrogen-bond donors (Lipinski definition) is 1. The molecule has 0 saturated carbocycles. The molecule has 0 aliphatic rings. The summed E-state index contributed by atoms with van der Waals surface area (Å²) < 4.78 is 22.6. The van der Waals surface area contributed by atoms with E-state index in [0.717, 1.165) is 65.5 Å². The van der Waals surface area contributed by atoms with E-state index < -0.39 is 11.9 Å². The molecule has 1 amide bonds. The average Bonchev–Trinajstić information content (AvgIpc) is 3.78. The zero-order valence-electron chi connectivity index (χ0n) is 35.0. The van der Waals surface area contributed by atoms with Gasteiger partial charge in [-0.1, -0.05) is 80.5 Å². The van der Waals surface area contributed by atoms with Crippen molar-refractivity contribution in [1.82, 2.24) is 10.3 Å². The number of aromatic nitrogens is 1. The van der Waals surface area contributed by atoms with Gasteiger partial charge in [0.05, 0.1) is 52.8 Å². The second-order valence-corrected chi connectivity index (χ2v) is 15.2. The number of carbonyl (C=O) groups excluding carboxylic acids is 2. The predicted molar refractivity (Wildman–Crippen MR) is 226 cm³/mol. The number of nitrogens with zero attached hydrogens (tertiary/aromatic N) is 5. The Morgan fingerprint density at radius 2 is 1.57 bits per heavy atom. The molecule has 1 atom stereocenters. The number of ether oxygens (including phenoxy) is 4. The molecule has 58 heavy (non-hydrogen) atoms. The molecule has 2 aromatic heterocycles. The van der Waals surface area contributed by atoms with Crippen molar-refractivity contribution in [3.05, 3.63) is 64.3 Å². The number of thiazole rings is 1. The van der Waals surface area contributed by atoms with Gasteiger partial charge in [-0.15, -0.1) is 16.5 Å². The number of allylic oxidation sites excluding steroid dienone is 2. The molecule has 1 unspecified atom stereocenters. The van der Waals surface area contributed by atoms with Gasteiger partial charge in [-0.05, 0) is 56.4 Å². The fraction of sp³-hybridized carbons (Fsp3) is 0.571. The van der Waals surface area contributed by atoms with E-state index in [-0.39, 0.29) is 41.9 Å². The molecule has 0 fully saturated rings. The van der Waals surface area contributed by atoms with Crippen molar-refractivity contribution >= 4 is 55.4 Å². The third-order valence-electron chi connectivity index (χ3n) is 8.89. The van der Waals surface area contributed by atoms with Crippen molar-refractivity contribution in [2.75, 3.05) is 77.4 Å². The van der Waals surface area contributed by atoms with Crippen LogP contribution in [-0.4, -0.2) is 89.3 Å². The summed E-state index contributed by atoms with van der Waals surface area (Å²) >= 11 is 2.99. The van der Waals surface area contributed by atoms with Gasteiger partial charge in [-0.25, -0.2) is 9.83 Å². The van der Waals surface area contributed by atoms with Gasteiger partial charge in [0.2, 0.25) is 11.6 Å². The van der Waals surface area contributed by atoms with E-state index in [1.165, 1.54) is 22.7 Å². The summed E-state index contributed by atoms with van der Waals surface area (Å²) in [6.45, 7) is 21.3. The second-order valence-electron chi connectivity index (χ2n) is 13.1. The summed E-state index contributed by atoms with van der Waals surface area (Å²) in [6.07, 6.45) is 9.79. The maximum atomic E-state index is 12.2. The molecule has 16 heteroatoms. The number of likely N-dealkylation sites (N-methyl/N-ethyl adjacent to an activating group) is 1. The fourth-order valence-corrected chi connectivity index (χ4v) is 7.63. The zero-order chi connectivity index (χ0) is 41.1. The first-order valence-electron chi connectivity index (χ1n) is 20.0. The van der Waals surface area contributed by atoms with Gasteiger partial charge in [0.1, 0.15) is 10.7 Å². The van der Waals surface area contributed by atoms with Gasteiger partial charge >= 0.3 is 29.6 Å². The standard InChI is InChI=1S/C42H60N6O7S2.Na/c1-6-9-10-11-12-14-20-34(41(50)51)31-36(49)44-21-17-23-52-25-27-54-29-30-55-28-26-53-24-22-48(8-3)42-45-38(33-18-15-13-16-19-33)40(57-42)47-46-39-37(43-5)32(4)35(7-2)56-39;/h12-16,18-19,34H,6-11,17,20-31H2,1-4H3,(H,44,49)(H,50,51);/q;+1/p-1/b14-12+,47-46+;. The molecule has 3 aromatic rings. The molecule has 13 nitrogen and oxygen atoms in total. The summed E-state index contributed by atoms with van der Waals surface area (Å²) in [5.41, 5.74) is 3.26. The van der Waals surface area contributed by atoms with Crippen LogP contribution in [0.5, 0.6) is 0 Å². The number of aryl methyl sites for hydroxylation is 1. The average molecular weight is 847 g/mol. The number of carbonyl (C=O) groups is 2. The van der Waals surface area contributed by atoms with Crippen LogP contribution in [0, 0.1) is 19.4 Å². The SMILES string of the molecule is [C-]#[N+]c1c(/N=N/c2sc(N(CC)CCOCCOCCOCCOCCCNC(=O)CC(C/C=C/CCCCC)C(=O)[O-])nc2-c2ccccc2)sc(CC)c1C.[Na+]. The minimum absolute atomic E-state index is 0. The van der Waals surface area contributed by atoms with E-state index in [9.17, 15) is 14.7 Å². The zero-order valence-corrected chi connectivity index (χ0v) is 38.6. The van der Waals surface area contributed by atoms with Gasteiger partial charge in [0.25, 0.3) is 0 Å². The van der Waals surface area contributed by atoms with Crippen molar-refractivity contribution in [3.63, 3.8) is 0 Å². The van der Waals surface area contributed by atoms with Gasteiger partial charge < -0.3 is 39.1 Å². The smallest absolute Gasteiger partial charge is 0.550 e. The van der Waals surface area contributed by atoms with Crippen LogP contribution in [0.3, 0.4) is 0 Å². The largest absolute Gasteiger partial charge is 1.00 e. The third kappa shape index (κ3) is 18.9. The molecule has 0 aliphatic carbocycles. The quantitative estimate of drug-likeness (QED) is 0.0296. The Balaban J connectivity index is 0.0000116. The Morgan fingerprint density at radius 1 is 0.914 bits per heavy atom. The first-order chi connectivity index (χ1) is 27.8. The van der Waals surface area contributed by atoms with Crippen LogP contribution in [0.1, 0.15) is 76.2 Å². The molecular formula is C42H59N6NaO7S2. The van der Waals surface area contributed by atoms with E-state index in [1.807, 2.05) is 49.4 Å². The molecule has 0 saturated heterocycles. The number of thiophene rings is 1. The number of nitrogens with one attached hydrogen (secondary N) is 1. The minimum Gasteiger partial charge on any atom is -0.550 e. The molecule has 0 radical (unpaired) electrons. The number of rotatable bonds is 31. The molecule has 0 spiro atoms. The maximum Gasteiger partial charge on any atom is 1.00 e. The number of aliphatic carboxylic acids is 1. The monoisotopic (exact) mass is 846 g/mol. The Morgan fingerprint density at radius 3 is 2.19 bits per heavy atom. The summed E-state index contributed by atoms with van der Waals surface area (Å²) in [4.78, 5) is 35.6. The van der Waals surface area contributed by atoms with Crippen molar-refractivity contribution in [1.29, 1.82) is 0 Å². The number of hydrogen-bond acceptors (Lipinski definition) is 13. The molecule has 312 valence electrons. The predicted octanol–water partition coefficient (Wildman–Crippen LogP) is 5.39. The summed E-state index contributed by atoms with van der Waals surface area (Å²) in [5.74, 6) is -2.32. The number of carboxylic acid groups (broad SMARTS) is 1. The molecule has 1 N–H and O–H groups in total. The van der Waals surface area contributed by atoms with Gasteiger partial charge in [0.15, 0.2) is 10.1 Å². The Bertz CT molecular complexity index is 1710. The number of unbranched alkanes of at least 4 members (excludes halogenated alkanes) is 3. The number of amides is 1. The summed E-state index contributed by atoms with van der Waals surface area (Å²) in [5, 5.41) is 25.5. The van der Waals surface area contributed by atoms with Crippen LogP contribution < -0.4 is 44.9 Å². The molecule has 3 rings (SSSR count). The number of carboxylic acids is 1. The van der Waals surface area contributed by atoms with Crippen LogP contribution in [0.2, 0.25) is 0 Å². The van der Waals surface area contributed by atoms with Gasteiger partial charge in [0, 0.05) is 50.1 Å². The molecule has 1 aromatic carbocycles. The van der Waals surface area contributed by atoms with Crippen LogP contribution in [0.4, 0.5) is 20.8 Å². The molecule has 0 aliphatic heterocycles. The number of azo groups is 1. The first-order valence-corrected chi connectivity index (χ1v) is 21.6. The Hall–Kier alpha value is -3.04. The van der Waals surface area contributed by atoms with Crippen LogP contribution in [0.15, 0.2) is 52.7 Å². The van der Waals surface area contributed by atoms with E-state index in [2.05, 4.69) is 46.1 Å². The molecular weight excluding hydrogens is 788 g/mol. The maximum absolute atomic E-state index is 12.2. The van der Waals surface area contributed by atoms with Crippen LogP contribution in [-0.2, 0) is 35.0 Å². The van der Waals surface area contributed by atoms with E-state index in [0.29, 0.717) is 94.5 Å². The number of anilines is 1. The normalized spacial score (nSPS) is 11.8. The summed E-state index contributed by atoms with van der Waals surface area (Å²) in [6, 6.07) is 9.94. The summed E-state index contributed by atoms with van der Waals surface area (Å²) in [7, 11) is 0. The van der Waals surface area contributed by atoms with Crippen molar-refractivity contribution in [3.8, 4) is 11.3 Å². The van der Waals surface area contributed by atoms with Gasteiger partial charge in [-0.3, -0.25) is 4.79 Å². The van der Waals surface area contributed by atoms with Crippen LogP contribution in [0.25, 0.3) is 16.1 Å². The fourth-order valence-electron chi connectivity index (χ4n) is 5.63. The topological polar surface area (TPSA) is 151 Å². The van der Waals surface area contributed by atoms with Crippen LogP contribution >= 0.6 is 22.7 Å².